The van der Waals surface area contributed by atoms with Gasteiger partial charge < -0.3 is 0 Å². The van der Waals surface area contributed by atoms with Crippen LogP contribution in [-0.2, 0) is 0 Å². The average molecular weight is 266 g/mol. The number of thiophene rings is 1. The van der Waals surface area contributed by atoms with Gasteiger partial charge in [0.1, 0.15) is 0 Å². The van der Waals surface area contributed by atoms with Crippen LogP contribution in [0.2, 0.25) is 0 Å². The molecule has 2 nitrogen and oxygen atoms in total. The van der Waals surface area contributed by atoms with Crippen molar-refractivity contribution >= 4 is 33.2 Å². The van der Waals surface area contributed by atoms with Gasteiger partial charge in [0.2, 0.25) is 0 Å². The molecule has 2 rings (SSSR count). The summed E-state index contributed by atoms with van der Waals surface area (Å²) in [6.45, 7) is 2.21. The zero-order valence-electron chi connectivity index (χ0n) is 9.98. The van der Waals surface area contributed by atoms with E-state index in [-0.39, 0.29) is 6.04 Å². The highest BCUT2D eigenvalue weighted by Crippen LogP contribution is 2.30. The summed E-state index contributed by atoms with van der Waals surface area (Å²) in [5.74, 6) is 7.91. The molecule has 0 aliphatic heterocycles. The average Bonchev–Trinajstić information content (AvgIpc) is 2.83. The molecule has 0 aliphatic carbocycles. The van der Waals surface area contributed by atoms with E-state index in [0.717, 1.165) is 5.75 Å². The summed E-state index contributed by atoms with van der Waals surface area (Å²) in [6.07, 6.45) is 1.21. The number of rotatable bonds is 6. The van der Waals surface area contributed by atoms with Gasteiger partial charge in [0.05, 0.1) is 6.04 Å². The van der Waals surface area contributed by atoms with Gasteiger partial charge in [-0.2, -0.15) is 11.8 Å². The molecular weight excluding hydrogens is 248 g/mol. The Morgan fingerprint density at radius 3 is 3.06 bits per heavy atom. The Hall–Kier alpha value is -0.550. The predicted octanol–water partition coefficient (Wildman–Crippen LogP) is 3.55. The number of thioether (sulfide) groups is 1. The molecule has 1 heterocycles. The number of hydrazine groups is 1. The maximum absolute atomic E-state index is 5.69. The van der Waals surface area contributed by atoms with Gasteiger partial charge >= 0.3 is 0 Å². The second kappa shape index (κ2) is 6.40. The Labute approximate surface area is 111 Å². The van der Waals surface area contributed by atoms with E-state index >= 15 is 0 Å². The molecule has 4 heteroatoms. The van der Waals surface area contributed by atoms with E-state index in [0.29, 0.717) is 0 Å². The molecule has 3 N–H and O–H groups in total. The van der Waals surface area contributed by atoms with E-state index in [4.69, 9.17) is 5.84 Å². The van der Waals surface area contributed by atoms with Gasteiger partial charge in [0.15, 0.2) is 0 Å². The van der Waals surface area contributed by atoms with Gasteiger partial charge in [-0.15, -0.1) is 11.3 Å². The van der Waals surface area contributed by atoms with Crippen LogP contribution in [0.1, 0.15) is 24.9 Å². The van der Waals surface area contributed by atoms with Crippen LogP contribution in [0.15, 0.2) is 29.6 Å². The van der Waals surface area contributed by atoms with Crippen molar-refractivity contribution in [1.29, 1.82) is 0 Å². The second-order valence-corrected chi connectivity index (χ2v) is 6.05. The minimum Gasteiger partial charge on any atom is -0.271 e. The largest absolute Gasteiger partial charge is 0.271 e. The van der Waals surface area contributed by atoms with Gasteiger partial charge in [-0.3, -0.25) is 11.3 Å². The van der Waals surface area contributed by atoms with Crippen molar-refractivity contribution < 1.29 is 0 Å². The lowest BCUT2D eigenvalue weighted by Gasteiger charge is -2.16. The van der Waals surface area contributed by atoms with Gasteiger partial charge in [-0.05, 0) is 34.6 Å². The summed E-state index contributed by atoms with van der Waals surface area (Å²) >= 11 is 3.75. The smallest absolute Gasteiger partial charge is 0.0564 e. The van der Waals surface area contributed by atoms with Crippen LogP contribution in [0, 0.1) is 0 Å². The molecule has 1 aromatic carbocycles. The van der Waals surface area contributed by atoms with Gasteiger partial charge in [-0.1, -0.05) is 25.1 Å². The van der Waals surface area contributed by atoms with E-state index in [1.165, 1.54) is 27.8 Å². The fourth-order valence-corrected chi connectivity index (χ4v) is 3.80. The number of hydrogen-bond donors (Lipinski definition) is 2. The molecule has 0 saturated carbocycles. The molecule has 1 atom stereocenters. The summed E-state index contributed by atoms with van der Waals surface area (Å²) in [6, 6.07) is 8.85. The van der Waals surface area contributed by atoms with Crippen molar-refractivity contribution in [3.05, 3.63) is 35.2 Å². The number of nitrogens with two attached hydrogens (primary N) is 1. The number of nitrogens with one attached hydrogen (secondary N) is 1. The molecule has 1 aromatic heterocycles. The molecule has 0 aliphatic rings. The summed E-state index contributed by atoms with van der Waals surface area (Å²) in [4.78, 5) is 0. The lowest BCUT2D eigenvalue weighted by molar-refractivity contribution is 0.615. The first kappa shape index (κ1) is 12.9. The molecule has 0 spiro atoms. The third kappa shape index (κ3) is 3.01. The number of fused-ring (bicyclic) bond motifs is 1. The van der Waals surface area contributed by atoms with Crippen molar-refractivity contribution in [3.63, 3.8) is 0 Å². The third-order valence-corrected chi connectivity index (χ3v) is 4.96. The molecule has 0 bridgehead atoms. The van der Waals surface area contributed by atoms with Gasteiger partial charge in [0, 0.05) is 10.5 Å². The monoisotopic (exact) mass is 266 g/mol. The Balaban J connectivity index is 2.20. The molecule has 2 aromatic rings. The van der Waals surface area contributed by atoms with Crippen LogP contribution in [0.3, 0.4) is 0 Å². The Morgan fingerprint density at radius 1 is 1.41 bits per heavy atom. The summed E-state index contributed by atoms with van der Waals surface area (Å²) < 4.78 is 1.35. The molecule has 1 unspecified atom stereocenters. The molecule has 0 radical (unpaired) electrons. The molecule has 0 saturated heterocycles. The molecule has 92 valence electrons. The van der Waals surface area contributed by atoms with Gasteiger partial charge in [-0.25, -0.2) is 0 Å². The van der Waals surface area contributed by atoms with Crippen molar-refractivity contribution in [2.75, 3.05) is 11.5 Å². The van der Waals surface area contributed by atoms with Crippen molar-refractivity contribution in [1.82, 2.24) is 5.43 Å². The van der Waals surface area contributed by atoms with E-state index in [1.807, 2.05) is 11.8 Å². The van der Waals surface area contributed by atoms with E-state index < -0.39 is 0 Å². The standard InChI is InChI=1S/C13H18N2S2/c1-2-7-16-9-12(15-14)11-5-3-4-10-6-8-17-13(10)11/h3-6,8,12,15H,2,7,9,14H2,1H3. The minimum absolute atomic E-state index is 0.244. The quantitative estimate of drug-likeness (QED) is 0.477. The van der Waals surface area contributed by atoms with Crippen LogP contribution in [-0.4, -0.2) is 11.5 Å². The SMILES string of the molecule is CCCSCC(NN)c1cccc2ccsc12. The maximum atomic E-state index is 5.69. The summed E-state index contributed by atoms with van der Waals surface area (Å²) in [7, 11) is 0. The first-order valence-corrected chi connectivity index (χ1v) is 7.90. The predicted molar refractivity (Wildman–Crippen MR) is 79.5 cm³/mol. The van der Waals surface area contributed by atoms with E-state index in [2.05, 4.69) is 42.0 Å². The summed E-state index contributed by atoms with van der Waals surface area (Å²) in [5.41, 5.74) is 4.27. The van der Waals surface area contributed by atoms with Crippen LogP contribution >= 0.6 is 23.1 Å². The lowest BCUT2D eigenvalue weighted by Crippen LogP contribution is -2.29. The first-order valence-electron chi connectivity index (χ1n) is 5.86. The first-order chi connectivity index (χ1) is 8.36. The third-order valence-electron chi connectivity index (χ3n) is 2.72. The van der Waals surface area contributed by atoms with E-state index in [9.17, 15) is 0 Å². The zero-order chi connectivity index (χ0) is 12.1. The number of benzene rings is 1. The van der Waals surface area contributed by atoms with Crippen LogP contribution in [0.4, 0.5) is 0 Å². The zero-order valence-corrected chi connectivity index (χ0v) is 11.6. The molecular formula is C13H18N2S2. The van der Waals surface area contributed by atoms with Crippen LogP contribution < -0.4 is 11.3 Å². The highest BCUT2D eigenvalue weighted by Gasteiger charge is 2.13. The Morgan fingerprint density at radius 2 is 2.29 bits per heavy atom. The fourth-order valence-electron chi connectivity index (χ4n) is 1.86. The topological polar surface area (TPSA) is 38.0 Å². The normalized spacial score (nSPS) is 13.1. The van der Waals surface area contributed by atoms with Crippen molar-refractivity contribution in [3.8, 4) is 0 Å². The Bertz CT molecular complexity index is 467. The van der Waals surface area contributed by atoms with Crippen molar-refractivity contribution in [2.45, 2.75) is 19.4 Å². The van der Waals surface area contributed by atoms with E-state index in [1.54, 1.807) is 11.3 Å². The maximum Gasteiger partial charge on any atom is 0.0564 e. The molecule has 17 heavy (non-hydrogen) atoms. The Kier molecular flexibility index (Phi) is 4.86. The van der Waals surface area contributed by atoms with Crippen LogP contribution in [0.25, 0.3) is 10.1 Å². The fraction of sp³-hybridized carbons (Fsp3) is 0.385. The van der Waals surface area contributed by atoms with Crippen LogP contribution in [0.5, 0.6) is 0 Å². The molecule has 0 fully saturated rings. The lowest BCUT2D eigenvalue weighted by atomic mass is 10.1. The second-order valence-electron chi connectivity index (χ2n) is 3.98. The number of hydrogen-bond acceptors (Lipinski definition) is 4. The highest BCUT2D eigenvalue weighted by molar-refractivity contribution is 7.99. The molecule has 0 amide bonds. The minimum atomic E-state index is 0.244. The van der Waals surface area contributed by atoms with Gasteiger partial charge in [0.25, 0.3) is 0 Å². The van der Waals surface area contributed by atoms with Crippen molar-refractivity contribution in [2.24, 2.45) is 5.84 Å². The highest BCUT2D eigenvalue weighted by atomic mass is 32.2. The summed E-state index contributed by atoms with van der Waals surface area (Å²) in [5, 5.41) is 3.45.